The molecule has 2 heterocycles. The second-order valence-electron chi connectivity index (χ2n) is 6.05. The third-order valence-corrected chi connectivity index (χ3v) is 7.50. The SMILES string of the molecule is CCc1nnc(SCc2nc3ccc(S(=O)(=O)N(CC)CC)cc3[nH]2)n1C. The van der Waals surface area contributed by atoms with E-state index in [0.717, 1.165) is 28.7 Å². The molecule has 1 aromatic carbocycles. The first-order valence-corrected chi connectivity index (χ1v) is 11.3. The summed E-state index contributed by atoms with van der Waals surface area (Å²) >= 11 is 1.54. The molecule has 2 aromatic heterocycles. The van der Waals surface area contributed by atoms with Crippen LogP contribution in [-0.2, 0) is 29.2 Å². The number of nitrogens with zero attached hydrogens (tertiary/aromatic N) is 5. The molecule has 0 amide bonds. The second-order valence-corrected chi connectivity index (χ2v) is 8.93. The van der Waals surface area contributed by atoms with Gasteiger partial charge in [-0.25, -0.2) is 13.4 Å². The van der Waals surface area contributed by atoms with E-state index in [1.807, 2.05) is 32.4 Å². The lowest BCUT2D eigenvalue weighted by atomic mass is 10.3. The molecule has 3 aromatic rings. The van der Waals surface area contributed by atoms with Crippen LogP contribution < -0.4 is 0 Å². The number of fused-ring (bicyclic) bond motifs is 1. The second kappa shape index (κ2) is 7.99. The summed E-state index contributed by atoms with van der Waals surface area (Å²) in [6.07, 6.45) is 0.832. The van der Waals surface area contributed by atoms with Crippen LogP contribution in [0.2, 0.25) is 0 Å². The van der Waals surface area contributed by atoms with Gasteiger partial charge in [0.25, 0.3) is 0 Å². The Morgan fingerprint density at radius 1 is 1.19 bits per heavy atom. The Balaban J connectivity index is 1.82. The molecule has 0 unspecified atom stereocenters. The number of aryl methyl sites for hydroxylation is 1. The molecular weight excluding hydrogens is 384 g/mol. The number of nitrogens with one attached hydrogen (secondary N) is 1. The van der Waals surface area contributed by atoms with Crippen LogP contribution in [-0.4, -0.2) is 50.5 Å². The zero-order valence-electron chi connectivity index (χ0n) is 15.9. The van der Waals surface area contributed by atoms with E-state index >= 15 is 0 Å². The normalized spacial score (nSPS) is 12.3. The molecule has 0 aliphatic carbocycles. The van der Waals surface area contributed by atoms with E-state index in [2.05, 4.69) is 20.2 Å². The number of aromatic amines is 1. The fraction of sp³-hybridized carbons (Fsp3) is 0.471. The molecule has 10 heteroatoms. The standard InChI is InChI=1S/C17H24N6O2S2/c1-5-16-20-21-17(22(16)4)26-11-15-18-13-9-8-12(10-14(13)19-15)27(24,25)23(6-2)7-3/h8-10H,5-7,11H2,1-4H3,(H,18,19). The molecule has 0 aliphatic rings. The highest BCUT2D eigenvalue weighted by molar-refractivity contribution is 7.98. The van der Waals surface area contributed by atoms with E-state index in [9.17, 15) is 8.42 Å². The minimum atomic E-state index is -3.49. The summed E-state index contributed by atoms with van der Waals surface area (Å²) in [4.78, 5) is 8.05. The molecule has 146 valence electrons. The molecular formula is C17H24N6O2S2. The summed E-state index contributed by atoms with van der Waals surface area (Å²) in [5, 5.41) is 9.17. The highest BCUT2D eigenvalue weighted by Gasteiger charge is 2.22. The monoisotopic (exact) mass is 408 g/mol. The number of rotatable bonds is 8. The van der Waals surface area contributed by atoms with Gasteiger partial charge in [0.15, 0.2) is 5.16 Å². The fourth-order valence-corrected chi connectivity index (χ4v) is 5.18. The predicted molar refractivity (Wildman–Crippen MR) is 106 cm³/mol. The number of H-pyrrole nitrogens is 1. The number of benzene rings is 1. The van der Waals surface area contributed by atoms with Crippen LogP contribution in [0.25, 0.3) is 11.0 Å². The summed E-state index contributed by atoms with van der Waals surface area (Å²) in [5.41, 5.74) is 1.46. The molecule has 0 saturated heterocycles. The van der Waals surface area contributed by atoms with E-state index in [-0.39, 0.29) is 4.90 Å². The number of imidazole rings is 1. The average molecular weight is 409 g/mol. The quantitative estimate of drug-likeness (QED) is 0.576. The van der Waals surface area contributed by atoms with Crippen molar-refractivity contribution in [3.05, 3.63) is 29.8 Å². The lowest BCUT2D eigenvalue weighted by molar-refractivity contribution is 0.445. The summed E-state index contributed by atoms with van der Waals surface area (Å²) in [6.45, 7) is 6.60. The Labute approximate surface area is 163 Å². The molecule has 1 N–H and O–H groups in total. The first-order chi connectivity index (χ1) is 12.9. The molecule has 0 spiro atoms. The molecule has 0 fully saturated rings. The maximum absolute atomic E-state index is 12.7. The third kappa shape index (κ3) is 3.87. The molecule has 0 saturated carbocycles. The van der Waals surface area contributed by atoms with Crippen molar-refractivity contribution in [2.45, 2.75) is 43.0 Å². The maximum atomic E-state index is 12.7. The lowest BCUT2D eigenvalue weighted by Gasteiger charge is -2.18. The Bertz CT molecular complexity index is 1040. The van der Waals surface area contributed by atoms with Gasteiger partial charge in [-0.15, -0.1) is 10.2 Å². The van der Waals surface area contributed by atoms with Crippen LogP contribution >= 0.6 is 11.8 Å². The van der Waals surface area contributed by atoms with Gasteiger partial charge in [-0.05, 0) is 18.2 Å². The molecule has 0 radical (unpaired) electrons. The summed E-state index contributed by atoms with van der Waals surface area (Å²) < 4.78 is 28.8. The van der Waals surface area contributed by atoms with Gasteiger partial charge in [0.2, 0.25) is 10.0 Å². The number of thioether (sulfide) groups is 1. The van der Waals surface area contributed by atoms with Crippen molar-refractivity contribution < 1.29 is 8.42 Å². The van der Waals surface area contributed by atoms with Crippen LogP contribution in [0.1, 0.15) is 32.4 Å². The van der Waals surface area contributed by atoms with Crippen molar-refractivity contribution in [2.75, 3.05) is 13.1 Å². The predicted octanol–water partition coefficient (Wildman–Crippen LogP) is 2.58. The van der Waals surface area contributed by atoms with Crippen LogP contribution in [0, 0.1) is 0 Å². The Kier molecular flexibility index (Phi) is 5.87. The Hall–Kier alpha value is -1.91. The summed E-state index contributed by atoms with van der Waals surface area (Å²) in [7, 11) is -1.54. The van der Waals surface area contributed by atoms with Crippen molar-refractivity contribution in [3.63, 3.8) is 0 Å². The molecule has 0 aliphatic heterocycles. The summed E-state index contributed by atoms with van der Waals surface area (Å²) in [6, 6.07) is 5.01. The van der Waals surface area contributed by atoms with Crippen molar-refractivity contribution in [3.8, 4) is 0 Å². The Morgan fingerprint density at radius 3 is 2.56 bits per heavy atom. The number of aromatic nitrogens is 5. The van der Waals surface area contributed by atoms with Crippen molar-refractivity contribution in [1.82, 2.24) is 29.0 Å². The number of hydrogen-bond acceptors (Lipinski definition) is 6. The molecule has 8 nitrogen and oxygen atoms in total. The van der Waals surface area contributed by atoms with Crippen molar-refractivity contribution in [1.29, 1.82) is 0 Å². The molecule has 3 rings (SSSR count). The first-order valence-electron chi connectivity index (χ1n) is 8.90. The van der Waals surface area contributed by atoms with E-state index in [1.54, 1.807) is 30.0 Å². The van der Waals surface area contributed by atoms with Crippen LogP contribution in [0.15, 0.2) is 28.3 Å². The largest absolute Gasteiger partial charge is 0.341 e. The highest BCUT2D eigenvalue weighted by atomic mass is 32.2. The van der Waals surface area contributed by atoms with Gasteiger partial charge >= 0.3 is 0 Å². The number of sulfonamides is 1. The first kappa shape index (κ1) is 19.8. The maximum Gasteiger partial charge on any atom is 0.243 e. The van der Waals surface area contributed by atoms with Crippen LogP contribution in [0.3, 0.4) is 0 Å². The van der Waals surface area contributed by atoms with Gasteiger partial charge < -0.3 is 9.55 Å². The minimum absolute atomic E-state index is 0.280. The van der Waals surface area contributed by atoms with Gasteiger partial charge in [0.1, 0.15) is 11.6 Å². The van der Waals surface area contributed by atoms with Gasteiger partial charge in [-0.3, -0.25) is 0 Å². The third-order valence-electron chi connectivity index (χ3n) is 4.42. The fourth-order valence-electron chi connectivity index (χ4n) is 2.89. The van der Waals surface area contributed by atoms with E-state index in [1.165, 1.54) is 4.31 Å². The zero-order chi connectivity index (χ0) is 19.6. The molecule has 0 atom stereocenters. The number of hydrogen-bond donors (Lipinski definition) is 1. The van der Waals surface area contributed by atoms with Crippen molar-refractivity contribution >= 4 is 32.8 Å². The Morgan fingerprint density at radius 2 is 1.93 bits per heavy atom. The lowest BCUT2D eigenvalue weighted by Crippen LogP contribution is -2.30. The average Bonchev–Trinajstić information content (AvgIpc) is 3.22. The minimum Gasteiger partial charge on any atom is -0.341 e. The smallest absolute Gasteiger partial charge is 0.243 e. The van der Waals surface area contributed by atoms with Gasteiger partial charge in [0, 0.05) is 26.6 Å². The van der Waals surface area contributed by atoms with E-state index in [4.69, 9.17) is 0 Å². The summed E-state index contributed by atoms with van der Waals surface area (Å²) in [5.74, 6) is 2.31. The molecule has 0 bridgehead atoms. The van der Waals surface area contributed by atoms with E-state index < -0.39 is 10.0 Å². The van der Waals surface area contributed by atoms with Crippen LogP contribution in [0.5, 0.6) is 0 Å². The zero-order valence-corrected chi connectivity index (χ0v) is 17.6. The van der Waals surface area contributed by atoms with Gasteiger partial charge in [0.05, 0.1) is 21.7 Å². The highest BCUT2D eigenvalue weighted by Crippen LogP contribution is 2.24. The van der Waals surface area contributed by atoms with Crippen molar-refractivity contribution in [2.24, 2.45) is 7.05 Å². The topological polar surface area (TPSA) is 96.8 Å². The van der Waals surface area contributed by atoms with E-state index in [0.29, 0.717) is 24.4 Å². The van der Waals surface area contributed by atoms with Gasteiger partial charge in [-0.1, -0.05) is 32.5 Å². The van der Waals surface area contributed by atoms with Gasteiger partial charge in [-0.2, -0.15) is 4.31 Å². The van der Waals surface area contributed by atoms with Crippen LogP contribution in [0.4, 0.5) is 0 Å². The molecule has 27 heavy (non-hydrogen) atoms.